The highest BCUT2D eigenvalue weighted by Crippen LogP contribution is 2.45. The number of sulfone groups is 1. The van der Waals surface area contributed by atoms with Crippen LogP contribution in [-0.2, 0) is 19.4 Å². The van der Waals surface area contributed by atoms with Crippen LogP contribution in [0.25, 0.3) is 0 Å². The van der Waals surface area contributed by atoms with Crippen LogP contribution in [0.5, 0.6) is 0 Å². The molecule has 0 radical (unpaired) electrons. The Morgan fingerprint density at radius 2 is 1.54 bits per heavy atom. The number of rotatable bonds is 10. The highest BCUT2D eigenvalue weighted by Gasteiger charge is 2.42. The first-order valence-electron chi connectivity index (χ1n) is 12.7. The summed E-state index contributed by atoms with van der Waals surface area (Å²) in [5, 5.41) is -0.813. The van der Waals surface area contributed by atoms with Gasteiger partial charge >= 0.3 is 0 Å². The second-order valence-corrected chi connectivity index (χ2v) is 12.7. The van der Waals surface area contributed by atoms with Gasteiger partial charge in [-0.2, -0.15) is 0 Å². The lowest BCUT2D eigenvalue weighted by Crippen LogP contribution is -2.37. The van der Waals surface area contributed by atoms with Crippen molar-refractivity contribution in [2.45, 2.75) is 77.9 Å². The molecule has 1 atom stereocenters. The standard InChI is InChI=1S/C32H40O4S/c1-23(11-8-9-12-26(4)22-33)13-10-14-25(3)21-30(31-27(5)29(34)19-20-32(31,6)7)37(35,36)28-17-15-24(2)16-18-28/h8-18,22,30H,19-21H2,1-7H3/b9-8+,13-10+,23-11+,25-14+,26-12+. The SMILES string of the molecule is CC1=C(C(C/C(C)=C/C=C/C(C)=C/C=C/C=C(\C)C=O)S(=O)(=O)c2ccc(C)cc2)C(C)(C)CCC1=O. The third-order valence-corrected chi connectivity index (χ3v) is 8.92. The Hall–Kier alpha value is -3.05. The van der Waals surface area contributed by atoms with E-state index < -0.39 is 20.5 Å². The van der Waals surface area contributed by atoms with Gasteiger partial charge < -0.3 is 0 Å². The number of benzene rings is 1. The van der Waals surface area contributed by atoms with E-state index in [1.165, 1.54) is 0 Å². The summed E-state index contributed by atoms with van der Waals surface area (Å²) in [7, 11) is -3.73. The maximum atomic E-state index is 14.0. The van der Waals surface area contributed by atoms with Gasteiger partial charge in [0.05, 0.1) is 10.1 Å². The van der Waals surface area contributed by atoms with Crippen molar-refractivity contribution in [1.29, 1.82) is 0 Å². The van der Waals surface area contributed by atoms with Gasteiger partial charge in [0.1, 0.15) is 6.29 Å². The van der Waals surface area contributed by atoms with Crippen LogP contribution in [0.1, 0.15) is 66.4 Å². The van der Waals surface area contributed by atoms with Gasteiger partial charge in [0.2, 0.25) is 0 Å². The van der Waals surface area contributed by atoms with Crippen LogP contribution in [0, 0.1) is 12.3 Å². The molecule has 0 spiro atoms. The predicted octanol–water partition coefficient (Wildman–Crippen LogP) is 7.38. The first-order chi connectivity index (χ1) is 17.3. The van der Waals surface area contributed by atoms with Gasteiger partial charge in [-0.1, -0.05) is 85.2 Å². The average molecular weight is 521 g/mol. The van der Waals surface area contributed by atoms with Crippen LogP contribution in [0.2, 0.25) is 0 Å². The molecule has 0 N–H and O–H groups in total. The van der Waals surface area contributed by atoms with Crippen molar-refractivity contribution in [2.75, 3.05) is 0 Å². The van der Waals surface area contributed by atoms with Crippen LogP contribution in [0.15, 0.2) is 99.6 Å². The zero-order chi connectivity index (χ0) is 27.8. The minimum Gasteiger partial charge on any atom is -0.298 e. The van der Waals surface area contributed by atoms with E-state index in [-0.39, 0.29) is 10.7 Å². The Labute approximate surface area is 223 Å². The first-order valence-corrected chi connectivity index (χ1v) is 14.2. The fourth-order valence-corrected chi connectivity index (χ4v) is 6.71. The highest BCUT2D eigenvalue weighted by atomic mass is 32.2. The second kappa shape index (κ2) is 13.0. The molecule has 2 rings (SSSR count). The van der Waals surface area contributed by atoms with Crippen molar-refractivity contribution in [3.63, 3.8) is 0 Å². The molecule has 0 aromatic heterocycles. The van der Waals surface area contributed by atoms with Crippen molar-refractivity contribution in [3.8, 4) is 0 Å². The van der Waals surface area contributed by atoms with Crippen molar-refractivity contribution in [3.05, 3.63) is 100 Å². The first kappa shape index (κ1) is 30.2. The normalized spacial score (nSPS) is 18.7. The van der Waals surface area contributed by atoms with E-state index in [9.17, 15) is 18.0 Å². The van der Waals surface area contributed by atoms with E-state index in [1.807, 2.05) is 83.2 Å². The molecule has 0 saturated heterocycles. The third-order valence-electron chi connectivity index (χ3n) is 6.84. The quantitative estimate of drug-likeness (QED) is 0.183. The van der Waals surface area contributed by atoms with Crippen LogP contribution in [-0.4, -0.2) is 25.7 Å². The van der Waals surface area contributed by atoms with Gasteiger partial charge in [-0.25, -0.2) is 8.42 Å². The summed E-state index contributed by atoms with van der Waals surface area (Å²) in [5.41, 5.74) is 4.51. The van der Waals surface area contributed by atoms with Crippen LogP contribution < -0.4 is 0 Å². The third kappa shape index (κ3) is 8.22. The molecule has 0 bridgehead atoms. The Balaban J connectivity index is 2.43. The summed E-state index contributed by atoms with van der Waals surface area (Å²) < 4.78 is 28.0. The Morgan fingerprint density at radius 3 is 2.14 bits per heavy atom. The second-order valence-electron chi connectivity index (χ2n) is 10.6. The molecule has 1 aromatic carbocycles. The lowest BCUT2D eigenvalue weighted by Gasteiger charge is -2.38. The van der Waals surface area contributed by atoms with E-state index in [0.29, 0.717) is 30.4 Å². The van der Waals surface area contributed by atoms with Gasteiger partial charge in [-0.3, -0.25) is 9.59 Å². The fraction of sp³-hybridized carbons (Fsp3) is 0.375. The van der Waals surface area contributed by atoms with Crippen molar-refractivity contribution in [2.24, 2.45) is 5.41 Å². The largest absolute Gasteiger partial charge is 0.298 e. The number of hydrogen-bond acceptors (Lipinski definition) is 4. The minimum absolute atomic E-state index is 0.0342. The van der Waals surface area contributed by atoms with Gasteiger partial charge in [-0.05, 0) is 81.7 Å². The maximum absolute atomic E-state index is 14.0. The van der Waals surface area contributed by atoms with E-state index in [2.05, 4.69) is 0 Å². The van der Waals surface area contributed by atoms with Gasteiger partial charge in [-0.15, -0.1) is 0 Å². The summed E-state index contributed by atoms with van der Waals surface area (Å²) in [4.78, 5) is 23.6. The number of aldehydes is 1. The monoisotopic (exact) mass is 520 g/mol. The smallest absolute Gasteiger partial charge is 0.185 e. The lowest BCUT2D eigenvalue weighted by molar-refractivity contribution is -0.116. The minimum atomic E-state index is -3.73. The Kier molecular flexibility index (Phi) is 10.6. The molecule has 5 heteroatoms. The molecule has 4 nitrogen and oxygen atoms in total. The van der Waals surface area contributed by atoms with E-state index >= 15 is 0 Å². The average Bonchev–Trinajstić information content (AvgIpc) is 2.83. The van der Waals surface area contributed by atoms with Gasteiger partial charge in [0.25, 0.3) is 0 Å². The van der Waals surface area contributed by atoms with Gasteiger partial charge in [0.15, 0.2) is 15.6 Å². The predicted molar refractivity (Wildman–Crippen MR) is 153 cm³/mol. The molecule has 0 aliphatic heterocycles. The molecule has 1 unspecified atom stereocenters. The molecule has 1 aromatic rings. The zero-order valence-corrected chi connectivity index (χ0v) is 24.0. The van der Waals surface area contributed by atoms with Crippen molar-refractivity contribution < 1.29 is 18.0 Å². The molecule has 37 heavy (non-hydrogen) atoms. The summed E-state index contributed by atoms with van der Waals surface area (Å²) in [5.74, 6) is 0.0342. The zero-order valence-electron chi connectivity index (χ0n) is 23.2. The summed E-state index contributed by atoms with van der Waals surface area (Å²) >= 11 is 0. The van der Waals surface area contributed by atoms with E-state index in [1.54, 1.807) is 32.1 Å². The van der Waals surface area contributed by atoms with Gasteiger partial charge in [0, 0.05) is 6.42 Å². The van der Waals surface area contributed by atoms with Crippen molar-refractivity contribution in [1.82, 2.24) is 0 Å². The van der Waals surface area contributed by atoms with Crippen molar-refractivity contribution >= 4 is 21.9 Å². The van der Waals surface area contributed by atoms with E-state index in [4.69, 9.17) is 0 Å². The number of Topliss-reactive ketones (excluding diaryl/α,β-unsaturated/α-hetero) is 1. The van der Waals surface area contributed by atoms with Crippen LogP contribution >= 0.6 is 0 Å². The topological polar surface area (TPSA) is 68.3 Å². The highest BCUT2D eigenvalue weighted by molar-refractivity contribution is 7.92. The van der Waals surface area contributed by atoms with Crippen LogP contribution in [0.3, 0.4) is 0 Å². The lowest BCUT2D eigenvalue weighted by atomic mass is 9.70. The molecule has 0 saturated carbocycles. The van der Waals surface area contributed by atoms with E-state index in [0.717, 1.165) is 28.6 Å². The number of ketones is 1. The summed E-state index contributed by atoms with van der Waals surface area (Å²) in [6.07, 6.45) is 15.4. The number of carbonyl (C=O) groups is 2. The summed E-state index contributed by atoms with van der Waals surface area (Å²) in [6.45, 7) is 13.4. The Morgan fingerprint density at radius 1 is 0.946 bits per heavy atom. The summed E-state index contributed by atoms with van der Waals surface area (Å²) in [6, 6.07) is 6.95. The molecular formula is C32H40O4S. The number of allylic oxidation sites excluding steroid dienone is 11. The number of aryl methyl sites for hydroxylation is 1. The molecular weight excluding hydrogens is 480 g/mol. The Bertz CT molecular complexity index is 1290. The maximum Gasteiger partial charge on any atom is 0.185 e. The fourth-order valence-electron chi connectivity index (χ4n) is 4.58. The molecule has 1 aliphatic rings. The molecule has 198 valence electrons. The molecule has 0 fully saturated rings. The molecule has 0 heterocycles. The molecule has 1 aliphatic carbocycles. The van der Waals surface area contributed by atoms with Crippen LogP contribution in [0.4, 0.5) is 0 Å². The number of hydrogen-bond donors (Lipinski definition) is 0. The number of carbonyl (C=O) groups excluding carboxylic acids is 2. The molecule has 0 amide bonds.